The maximum Gasteiger partial charge on any atom is 0.0914 e. The zero-order valence-electron chi connectivity index (χ0n) is 18.2. The van der Waals surface area contributed by atoms with Gasteiger partial charge in [-0.1, -0.05) is 54.1 Å². The summed E-state index contributed by atoms with van der Waals surface area (Å²) in [5.74, 6) is 0. The van der Waals surface area contributed by atoms with Gasteiger partial charge in [-0.3, -0.25) is 9.88 Å². The summed E-state index contributed by atoms with van der Waals surface area (Å²) >= 11 is 6.52. The quantitative estimate of drug-likeness (QED) is 0.546. The molecule has 0 spiro atoms. The van der Waals surface area contributed by atoms with E-state index in [1.165, 1.54) is 5.56 Å². The molecule has 1 aromatic heterocycles. The number of nitrogens with one attached hydrogen (secondary N) is 1. The van der Waals surface area contributed by atoms with Crippen molar-refractivity contribution in [2.24, 2.45) is 0 Å². The summed E-state index contributed by atoms with van der Waals surface area (Å²) in [5, 5.41) is 5.49. The van der Waals surface area contributed by atoms with Crippen LogP contribution in [0.2, 0.25) is 5.02 Å². The molecule has 4 nitrogen and oxygen atoms in total. The fourth-order valence-electron chi connectivity index (χ4n) is 4.35. The normalized spacial score (nSPS) is 18.1. The molecule has 30 heavy (non-hydrogen) atoms. The molecule has 1 fully saturated rings. The first-order chi connectivity index (χ1) is 14.5. The largest absolute Gasteiger partial charge is 0.384 e. The molecule has 0 amide bonds. The predicted molar refractivity (Wildman–Crippen MR) is 128 cm³/mol. The molecule has 2 heterocycles. The van der Waals surface area contributed by atoms with Gasteiger partial charge in [-0.05, 0) is 44.5 Å². The Morgan fingerprint density at radius 3 is 2.70 bits per heavy atom. The lowest BCUT2D eigenvalue weighted by Gasteiger charge is -2.40. The van der Waals surface area contributed by atoms with Crippen molar-refractivity contribution in [1.82, 2.24) is 14.8 Å². The van der Waals surface area contributed by atoms with Crippen LogP contribution in [0.3, 0.4) is 0 Å². The van der Waals surface area contributed by atoms with Crippen LogP contribution in [0.1, 0.15) is 29.3 Å². The molecule has 1 aliphatic rings. The Balaban J connectivity index is 1.42. The first-order valence-corrected chi connectivity index (χ1v) is 11.2. The molecule has 1 saturated heterocycles. The molecular weight excluding hydrogens is 392 g/mol. The van der Waals surface area contributed by atoms with Crippen LogP contribution in [0.15, 0.2) is 48.5 Å². The van der Waals surface area contributed by atoms with Crippen LogP contribution in [-0.2, 0) is 0 Å². The summed E-state index contributed by atoms with van der Waals surface area (Å²) in [4.78, 5) is 9.73. The monoisotopic (exact) mass is 422 g/mol. The lowest BCUT2D eigenvalue weighted by atomic mass is 10.0. The van der Waals surface area contributed by atoms with Gasteiger partial charge in [0.1, 0.15) is 0 Å². The van der Waals surface area contributed by atoms with E-state index in [1.54, 1.807) is 0 Å². The predicted octanol–water partition coefficient (Wildman–Crippen LogP) is 5.30. The number of aryl methyl sites for hydroxylation is 2. The summed E-state index contributed by atoms with van der Waals surface area (Å²) in [7, 11) is 2.22. The fraction of sp³-hybridized carbons (Fsp3) is 0.400. The van der Waals surface area contributed by atoms with Gasteiger partial charge in [0.05, 0.1) is 10.5 Å². The molecule has 5 heteroatoms. The van der Waals surface area contributed by atoms with Crippen molar-refractivity contribution >= 4 is 28.2 Å². The second kappa shape index (κ2) is 9.34. The highest BCUT2D eigenvalue weighted by Crippen LogP contribution is 2.31. The fourth-order valence-corrected chi connectivity index (χ4v) is 4.56. The molecule has 0 bridgehead atoms. The van der Waals surface area contributed by atoms with Crippen LogP contribution in [0.25, 0.3) is 10.9 Å². The molecule has 1 atom stereocenters. The average molecular weight is 423 g/mol. The van der Waals surface area contributed by atoms with Gasteiger partial charge in [-0.25, -0.2) is 0 Å². The number of hydrogen-bond acceptors (Lipinski definition) is 4. The molecule has 0 saturated carbocycles. The van der Waals surface area contributed by atoms with Crippen LogP contribution >= 0.6 is 11.6 Å². The van der Waals surface area contributed by atoms with Crippen LogP contribution in [0, 0.1) is 13.8 Å². The third-order valence-electron chi connectivity index (χ3n) is 6.06. The highest BCUT2D eigenvalue weighted by Gasteiger charge is 2.25. The molecular formula is C25H31ClN4. The van der Waals surface area contributed by atoms with Gasteiger partial charge in [-0.2, -0.15) is 0 Å². The topological polar surface area (TPSA) is 31.4 Å². The molecule has 0 radical (unpaired) electrons. The lowest BCUT2D eigenvalue weighted by Crippen LogP contribution is -2.47. The molecule has 3 aromatic rings. The Kier molecular flexibility index (Phi) is 6.57. The standard InChI is InChI=1S/C25H31ClN4/c1-18-10-11-21-22(16-19(2)28-25(21)24(18)26)27-12-7-13-30-15-14-29(3)17-23(30)20-8-5-4-6-9-20/h4-6,8-11,16,23H,7,12-15,17H2,1-3H3,(H,27,28). The zero-order valence-corrected chi connectivity index (χ0v) is 18.9. The number of benzene rings is 2. The number of piperazine rings is 1. The van der Waals surface area contributed by atoms with Crippen molar-refractivity contribution in [3.63, 3.8) is 0 Å². The Hall–Kier alpha value is -2.14. The summed E-state index contributed by atoms with van der Waals surface area (Å²) in [6, 6.07) is 17.7. The molecule has 4 rings (SSSR count). The SMILES string of the molecule is Cc1cc(NCCCN2CCN(C)CC2c2ccccc2)c2ccc(C)c(Cl)c2n1. The Bertz CT molecular complexity index is 1000. The number of aromatic nitrogens is 1. The molecule has 1 aliphatic heterocycles. The number of hydrogen-bond donors (Lipinski definition) is 1. The van der Waals surface area contributed by atoms with Gasteiger partial charge >= 0.3 is 0 Å². The molecule has 158 valence electrons. The van der Waals surface area contributed by atoms with E-state index in [4.69, 9.17) is 11.6 Å². The Morgan fingerprint density at radius 2 is 1.90 bits per heavy atom. The van der Waals surface area contributed by atoms with E-state index in [0.717, 1.165) is 72.0 Å². The number of rotatable bonds is 6. The number of nitrogens with zero attached hydrogens (tertiary/aromatic N) is 3. The Morgan fingerprint density at radius 1 is 1.10 bits per heavy atom. The van der Waals surface area contributed by atoms with Gasteiger partial charge in [-0.15, -0.1) is 0 Å². The average Bonchev–Trinajstić information content (AvgIpc) is 2.75. The number of likely N-dealkylation sites (N-methyl/N-ethyl adjacent to an activating group) is 1. The number of halogens is 1. The highest BCUT2D eigenvalue weighted by atomic mass is 35.5. The maximum absolute atomic E-state index is 6.52. The van der Waals surface area contributed by atoms with E-state index in [9.17, 15) is 0 Å². The second-order valence-electron chi connectivity index (χ2n) is 8.41. The van der Waals surface area contributed by atoms with E-state index in [0.29, 0.717) is 6.04 Å². The van der Waals surface area contributed by atoms with Crippen LogP contribution < -0.4 is 5.32 Å². The zero-order chi connectivity index (χ0) is 21.1. The minimum atomic E-state index is 0.468. The van der Waals surface area contributed by atoms with E-state index in [-0.39, 0.29) is 0 Å². The summed E-state index contributed by atoms with van der Waals surface area (Å²) in [5.41, 5.74) is 5.48. The van der Waals surface area contributed by atoms with Crippen molar-refractivity contribution in [2.75, 3.05) is 45.1 Å². The minimum absolute atomic E-state index is 0.468. The third-order valence-corrected chi connectivity index (χ3v) is 6.53. The number of anilines is 1. The first-order valence-electron chi connectivity index (χ1n) is 10.8. The van der Waals surface area contributed by atoms with Crippen molar-refractivity contribution in [3.8, 4) is 0 Å². The summed E-state index contributed by atoms with van der Waals surface area (Å²) in [6.07, 6.45) is 1.09. The van der Waals surface area contributed by atoms with Crippen LogP contribution in [-0.4, -0.2) is 54.6 Å². The minimum Gasteiger partial charge on any atom is -0.384 e. The first kappa shape index (κ1) is 21.1. The molecule has 1 unspecified atom stereocenters. The van der Waals surface area contributed by atoms with Crippen LogP contribution in [0.5, 0.6) is 0 Å². The smallest absolute Gasteiger partial charge is 0.0914 e. The van der Waals surface area contributed by atoms with Gasteiger partial charge in [0.15, 0.2) is 0 Å². The third kappa shape index (κ3) is 4.61. The van der Waals surface area contributed by atoms with Crippen molar-refractivity contribution in [3.05, 3.63) is 70.4 Å². The molecule has 1 N–H and O–H groups in total. The van der Waals surface area contributed by atoms with Crippen LogP contribution in [0.4, 0.5) is 5.69 Å². The number of pyridine rings is 1. The molecule has 0 aliphatic carbocycles. The summed E-state index contributed by atoms with van der Waals surface area (Å²) in [6.45, 7) is 9.39. The molecule has 2 aromatic carbocycles. The van der Waals surface area contributed by atoms with Crippen molar-refractivity contribution < 1.29 is 0 Å². The van der Waals surface area contributed by atoms with E-state index >= 15 is 0 Å². The van der Waals surface area contributed by atoms with Gasteiger partial charge in [0.25, 0.3) is 0 Å². The van der Waals surface area contributed by atoms with E-state index in [1.807, 2.05) is 13.8 Å². The van der Waals surface area contributed by atoms with Gasteiger partial charge < -0.3 is 10.2 Å². The lowest BCUT2D eigenvalue weighted by molar-refractivity contribution is 0.0897. The Labute approximate surface area is 184 Å². The summed E-state index contributed by atoms with van der Waals surface area (Å²) < 4.78 is 0. The van der Waals surface area contributed by atoms with Crippen molar-refractivity contribution in [1.29, 1.82) is 0 Å². The second-order valence-corrected chi connectivity index (χ2v) is 8.79. The van der Waals surface area contributed by atoms with Gasteiger partial charge in [0, 0.05) is 55.5 Å². The number of fused-ring (bicyclic) bond motifs is 1. The highest BCUT2D eigenvalue weighted by molar-refractivity contribution is 6.36. The van der Waals surface area contributed by atoms with E-state index in [2.05, 4.69) is 75.7 Å². The van der Waals surface area contributed by atoms with Gasteiger partial charge in [0.2, 0.25) is 0 Å². The maximum atomic E-state index is 6.52. The van der Waals surface area contributed by atoms with E-state index < -0.39 is 0 Å². The van der Waals surface area contributed by atoms with Crippen molar-refractivity contribution in [2.45, 2.75) is 26.3 Å².